The fraction of sp³-hybridized carbons (Fsp3) is 0.467. The van der Waals surface area contributed by atoms with Crippen molar-refractivity contribution in [3.05, 3.63) is 64.2 Å². The third-order valence-corrected chi connectivity index (χ3v) is 6.84. The second-order valence-electron chi connectivity index (χ2n) is 11.1. The van der Waals surface area contributed by atoms with Gasteiger partial charge in [0.1, 0.15) is 23.3 Å². The minimum absolute atomic E-state index is 0.136. The van der Waals surface area contributed by atoms with Crippen molar-refractivity contribution in [2.24, 2.45) is 0 Å². The Morgan fingerprint density at radius 2 is 1.83 bits per heavy atom. The van der Waals surface area contributed by atoms with Crippen LogP contribution in [0.1, 0.15) is 49.9 Å². The number of amides is 3. The van der Waals surface area contributed by atoms with Crippen molar-refractivity contribution in [3.8, 4) is 6.07 Å². The van der Waals surface area contributed by atoms with E-state index >= 15 is 0 Å². The Morgan fingerprint density at radius 3 is 2.45 bits per heavy atom. The van der Waals surface area contributed by atoms with E-state index in [4.69, 9.17) is 4.74 Å². The van der Waals surface area contributed by atoms with Gasteiger partial charge in [-0.3, -0.25) is 14.6 Å². The number of carbonyl (C=O) groups excluding carboxylic acids is 3. The molecule has 0 saturated carbocycles. The van der Waals surface area contributed by atoms with Crippen LogP contribution >= 0.6 is 0 Å². The van der Waals surface area contributed by atoms with Crippen molar-refractivity contribution in [1.82, 2.24) is 20.2 Å². The highest BCUT2D eigenvalue weighted by molar-refractivity contribution is 5.87. The van der Waals surface area contributed by atoms with E-state index in [1.54, 1.807) is 64.9 Å². The van der Waals surface area contributed by atoms with E-state index in [1.165, 1.54) is 33.0 Å². The third kappa shape index (κ3) is 8.16. The Morgan fingerprint density at radius 1 is 1.12 bits per heavy atom. The number of ether oxygens (including phenoxy) is 1. The van der Waals surface area contributed by atoms with Crippen molar-refractivity contribution in [2.45, 2.75) is 53.3 Å². The average molecular weight is 585 g/mol. The maximum Gasteiger partial charge on any atom is 0.410 e. The molecule has 0 saturated heterocycles. The number of hydrogen-bond acceptors (Lipinski definition) is 7. The molecular formula is C30H38F2N6O4. The summed E-state index contributed by atoms with van der Waals surface area (Å²) in [6.07, 6.45) is -0.496. The zero-order chi connectivity index (χ0) is 31.2. The van der Waals surface area contributed by atoms with Crippen LogP contribution in [-0.4, -0.2) is 78.2 Å². The Kier molecular flexibility index (Phi) is 10.5. The first-order valence-electron chi connectivity index (χ1n) is 13.7. The normalized spacial score (nSPS) is 12.7. The molecular weight excluding hydrogens is 546 g/mol. The minimum Gasteiger partial charge on any atom is -0.444 e. The first-order chi connectivity index (χ1) is 19.7. The molecule has 1 aliphatic heterocycles. The van der Waals surface area contributed by atoms with E-state index in [1.807, 2.05) is 0 Å². The van der Waals surface area contributed by atoms with E-state index in [-0.39, 0.29) is 50.0 Å². The number of anilines is 1. The molecule has 2 aromatic rings. The van der Waals surface area contributed by atoms with Crippen molar-refractivity contribution in [1.29, 1.82) is 5.26 Å². The molecule has 12 heteroatoms. The molecule has 226 valence electrons. The lowest BCUT2D eigenvalue weighted by atomic mass is 10.1. The summed E-state index contributed by atoms with van der Waals surface area (Å²) >= 11 is 0. The van der Waals surface area contributed by atoms with E-state index in [9.17, 15) is 28.4 Å². The fourth-order valence-corrected chi connectivity index (χ4v) is 4.58. The van der Waals surface area contributed by atoms with Gasteiger partial charge in [-0.25, -0.2) is 18.6 Å². The van der Waals surface area contributed by atoms with E-state index in [2.05, 4.69) is 5.32 Å². The molecule has 0 radical (unpaired) electrons. The number of nitrogens with one attached hydrogen (secondary N) is 1. The number of hydrogen-bond donors (Lipinski definition) is 1. The number of aryl methyl sites for hydroxylation is 1. The van der Waals surface area contributed by atoms with Crippen LogP contribution in [0.15, 0.2) is 30.3 Å². The third-order valence-electron chi connectivity index (χ3n) is 6.84. The summed E-state index contributed by atoms with van der Waals surface area (Å²) in [4.78, 5) is 41.8. The summed E-state index contributed by atoms with van der Waals surface area (Å²) in [5.74, 6) is -1.87. The van der Waals surface area contributed by atoms with Gasteiger partial charge in [0.15, 0.2) is 0 Å². The molecule has 1 aliphatic rings. The number of hydrazine groups is 1. The van der Waals surface area contributed by atoms with Gasteiger partial charge in [0.2, 0.25) is 5.91 Å². The maximum atomic E-state index is 14.3. The summed E-state index contributed by atoms with van der Waals surface area (Å²) in [5, 5.41) is 15.2. The van der Waals surface area contributed by atoms with Gasteiger partial charge >= 0.3 is 6.09 Å². The number of rotatable bonds is 10. The van der Waals surface area contributed by atoms with Gasteiger partial charge in [-0.2, -0.15) is 5.26 Å². The monoisotopic (exact) mass is 584 g/mol. The molecule has 0 unspecified atom stereocenters. The van der Waals surface area contributed by atoms with Crippen LogP contribution in [0, 0.1) is 29.9 Å². The van der Waals surface area contributed by atoms with Crippen LogP contribution in [0.4, 0.5) is 19.3 Å². The van der Waals surface area contributed by atoms with Crippen molar-refractivity contribution >= 4 is 23.6 Å². The average Bonchev–Trinajstić information content (AvgIpc) is 3.35. The summed E-state index contributed by atoms with van der Waals surface area (Å²) in [5.41, 5.74) is 1.22. The number of benzene rings is 2. The summed E-state index contributed by atoms with van der Waals surface area (Å²) in [7, 11) is 1.57. The van der Waals surface area contributed by atoms with Gasteiger partial charge in [0.05, 0.1) is 18.7 Å². The molecule has 0 aliphatic carbocycles. The minimum atomic E-state index is -0.703. The van der Waals surface area contributed by atoms with Crippen LogP contribution in [0.2, 0.25) is 0 Å². The lowest BCUT2D eigenvalue weighted by molar-refractivity contribution is -0.145. The van der Waals surface area contributed by atoms with E-state index < -0.39 is 23.4 Å². The number of nitriles is 1. The quantitative estimate of drug-likeness (QED) is 0.454. The molecule has 0 fully saturated rings. The van der Waals surface area contributed by atoms with Crippen LogP contribution < -0.4 is 10.2 Å². The van der Waals surface area contributed by atoms with Crippen LogP contribution in [0.5, 0.6) is 0 Å². The second kappa shape index (κ2) is 13.6. The van der Waals surface area contributed by atoms with Gasteiger partial charge < -0.3 is 19.9 Å². The van der Waals surface area contributed by atoms with Crippen molar-refractivity contribution in [2.75, 3.05) is 44.7 Å². The Bertz CT molecular complexity index is 1370. The Balaban J connectivity index is 1.72. The summed E-state index contributed by atoms with van der Waals surface area (Å²) < 4.78 is 34.0. The largest absolute Gasteiger partial charge is 0.444 e. The zero-order valence-electron chi connectivity index (χ0n) is 25.0. The molecule has 3 rings (SSSR count). The smallest absolute Gasteiger partial charge is 0.410 e. The molecule has 0 spiro atoms. The predicted molar refractivity (Wildman–Crippen MR) is 153 cm³/mol. The van der Waals surface area contributed by atoms with E-state index in [0.29, 0.717) is 29.9 Å². The van der Waals surface area contributed by atoms with Gasteiger partial charge in [-0.15, -0.1) is 0 Å². The SMILES string of the molecule is CCN(CCNC(=O)CN(CC(=O)N(C)N1Cc2cccc(F)c2C1)c1cc(C#N)c(F)cc1C)C(=O)OC(C)(C)C. The number of halogens is 2. The molecule has 10 nitrogen and oxygen atoms in total. The first-order valence-corrected chi connectivity index (χ1v) is 13.7. The highest BCUT2D eigenvalue weighted by Gasteiger charge is 2.29. The molecule has 0 aromatic heterocycles. The highest BCUT2D eigenvalue weighted by atomic mass is 19.1. The summed E-state index contributed by atoms with van der Waals surface area (Å²) in [6.45, 7) is 9.46. The Labute approximate surface area is 245 Å². The Hall–Kier alpha value is -4.24. The number of likely N-dealkylation sites (N-methyl/N-ethyl adjacent to an activating group) is 2. The fourth-order valence-electron chi connectivity index (χ4n) is 4.58. The van der Waals surface area contributed by atoms with Gasteiger partial charge in [-0.1, -0.05) is 12.1 Å². The van der Waals surface area contributed by atoms with Crippen molar-refractivity contribution in [3.63, 3.8) is 0 Å². The van der Waals surface area contributed by atoms with Crippen molar-refractivity contribution < 1.29 is 27.9 Å². The van der Waals surface area contributed by atoms with Gasteiger partial charge in [0.25, 0.3) is 5.91 Å². The second-order valence-corrected chi connectivity index (χ2v) is 11.1. The lowest BCUT2D eigenvalue weighted by Gasteiger charge is -2.32. The lowest BCUT2D eigenvalue weighted by Crippen LogP contribution is -2.48. The number of carbonyl (C=O) groups is 3. The van der Waals surface area contributed by atoms with Gasteiger partial charge in [-0.05, 0) is 63.9 Å². The van der Waals surface area contributed by atoms with Crippen LogP contribution in [0.25, 0.3) is 0 Å². The standard InChI is InChI=1S/C30H38F2N6O4/c1-7-36(29(41)42-30(3,4)5)12-11-34-27(39)18-37(26-14-22(15-33)25(32)13-20(26)2)19-28(40)35(6)38-16-21-9-8-10-24(31)23(21)17-38/h8-10,13-14H,7,11-12,16-19H2,1-6H3,(H,34,39). The molecule has 1 N–H and O–H groups in total. The number of nitrogens with zero attached hydrogens (tertiary/aromatic N) is 5. The van der Waals surface area contributed by atoms with E-state index in [0.717, 1.165) is 5.56 Å². The van der Waals surface area contributed by atoms with Crippen LogP contribution in [0.3, 0.4) is 0 Å². The molecule has 2 aromatic carbocycles. The van der Waals surface area contributed by atoms with Gasteiger partial charge in [0, 0.05) is 51.0 Å². The molecule has 1 heterocycles. The van der Waals surface area contributed by atoms with Crippen LogP contribution in [-0.2, 0) is 27.4 Å². The first kappa shape index (κ1) is 32.3. The predicted octanol–water partition coefficient (Wildman–Crippen LogP) is 3.71. The molecule has 42 heavy (non-hydrogen) atoms. The summed E-state index contributed by atoms with van der Waals surface area (Å²) in [6, 6.07) is 9.10. The number of fused-ring (bicyclic) bond motifs is 1. The zero-order valence-corrected chi connectivity index (χ0v) is 25.0. The topological polar surface area (TPSA) is 109 Å². The molecule has 3 amide bonds. The maximum absolute atomic E-state index is 14.3. The molecule has 0 bridgehead atoms. The molecule has 0 atom stereocenters. The highest BCUT2D eigenvalue weighted by Crippen LogP contribution is 2.27.